The molecule has 3 aromatic carbocycles. The van der Waals surface area contributed by atoms with Crippen LogP contribution in [-0.2, 0) is 10.0 Å². The molecule has 0 bridgehead atoms. The summed E-state index contributed by atoms with van der Waals surface area (Å²) in [6.45, 7) is 1.85. The van der Waals surface area contributed by atoms with Crippen molar-refractivity contribution < 1.29 is 27.1 Å². The number of anilines is 1. The highest BCUT2D eigenvalue weighted by atomic mass is 32.2. The number of amides is 1. The number of carbonyl (C=O) groups is 1. The fourth-order valence-corrected chi connectivity index (χ4v) is 4.10. The van der Waals surface area contributed by atoms with E-state index in [9.17, 15) is 13.2 Å². The molecule has 0 saturated heterocycles. The van der Waals surface area contributed by atoms with Crippen molar-refractivity contribution in [1.29, 1.82) is 0 Å². The van der Waals surface area contributed by atoms with Crippen LogP contribution in [0.15, 0.2) is 87.2 Å². The van der Waals surface area contributed by atoms with Gasteiger partial charge in [-0.3, -0.25) is 4.79 Å². The van der Waals surface area contributed by atoms with Gasteiger partial charge in [0.2, 0.25) is 5.55 Å². The number of hydrogen-bond acceptors (Lipinski definition) is 7. The summed E-state index contributed by atoms with van der Waals surface area (Å²) in [6.07, 6.45) is 0. The Labute approximate surface area is 202 Å². The Morgan fingerprint density at radius 3 is 2.34 bits per heavy atom. The molecule has 1 heterocycles. The minimum Gasteiger partial charge on any atom is -0.493 e. The van der Waals surface area contributed by atoms with Gasteiger partial charge in [-0.25, -0.2) is 0 Å². The van der Waals surface area contributed by atoms with Crippen LogP contribution < -0.4 is 25.2 Å². The Morgan fingerprint density at radius 1 is 0.914 bits per heavy atom. The van der Waals surface area contributed by atoms with Crippen molar-refractivity contribution in [2.75, 3.05) is 19.5 Å². The second kappa shape index (κ2) is 9.90. The smallest absolute Gasteiger partial charge is 0.276 e. The average Bonchev–Trinajstić information content (AvgIpc) is 2.87. The van der Waals surface area contributed by atoms with Crippen LogP contribution in [0.5, 0.6) is 11.5 Å². The molecule has 0 spiro atoms. The number of sulfonamides is 1. The molecule has 0 fully saturated rings. The maximum atomic E-state index is 13.2. The predicted molar refractivity (Wildman–Crippen MR) is 131 cm³/mol. The van der Waals surface area contributed by atoms with Crippen molar-refractivity contribution in [2.24, 2.45) is 5.10 Å². The molecule has 1 aromatic heterocycles. The van der Waals surface area contributed by atoms with E-state index < -0.39 is 15.9 Å². The highest BCUT2D eigenvalue weighted by Gasteiger charge is 2.17. The van der Waals surface area contributed by atoms with Crippen molar-refractivity contribution in [2.45, 2.75) is 11.8 Å². The monoisotopic (exact) mass is 493 g/mol. The van der Waals surface area contributed by atoms with Crippen LogP contribution in [-0.4, -0.2) is 28.5 Å². The Bertz CT molecular complexity index is 1560. The molecule has 9 nitrogen and oxygen atoms in total. The molecule has 10 heteroatoms. The molecule has 4 rings (SSSR count). The van der Waals surface area contributed by atoms with Crippen molar-refractivity contribution >= 4 is 32.6 Å². The largest absolute Gasteiger partial charge is 0.493 e. The van der Waals surface area contributed by atoms with Crippen LogP contribution in [0, 0.1) is 6.92 Å². The zero-order valence-electron chi connectivity index (χ0n) is 19.2. The summed E-state index contributed by atoms with van der Waals surface area (Å²) >= 11 is 0. The van der Waals surface area contributed by atoms with Gasteiger partial charge in [-0.1, -0.05) is 35.9 Å². The topological polar surface area (TPSA) is 119 Å². The maximum absolute atomic E-state index is 13.2. The molecule has 0 radical (unpaired) electrons. The average molecular weight is 494 g/mol. The number of para-hydroxylation sites is 1. The number of nitrogens with one attached hydrogen (secondary N) is 2. The van der Waals surface area contributed by atoms with E-state index in [4.69, 9.17) is 13.9 Å². The summed E-state index contributed by atoms with van der Waals surface area (Å²) in [5.41, 5.74) is 1.62. The first-order valence-corrected chi connectivity index (χ1v) is 12.0. The van der Waals surface area contributed by atoms with Crippen molar-refractivity contribution in [3.63, 3.8) is 0 Å². The molecule has 0 atom stereocenters. The van der Waals surface area contributed by atoms with E-state index in [0.29, 0.717) is 28.2 Å². The number of hydrogen-bond donors (Lipinski definition) is 2. The second-order valence-corrected chi connectivity index (χ2v) is 9.21. The number of methoxy groups -OCH3 is 2. The SMILES string of the molecule is COc1ccc(NC(=O)c2cc3ccccc3o/c2=N\NS(=O)(=O)c2ccc(C)cc2)cc1OC. The summed E-state index contributed by atoms with van der Waals surface area (Å²) in [6, 6.07) is 19.8. The fraction of sp³-hybridized carbons (Fsp3) is 0.120. The van der Waals surface area contributed by atoms with E-state index in [-0.39, 0.29) is 16.0 Å². The van der Waals surface area contributed by atoms with E-state index in [0.717, 1.165) is 5.56 Å². The summed E-state index contributed by atoms with van der Waals surface area (Å²) < 4.78 is 41.7. The highest BCUT2D eigenvalue weighted by molar-refractivity contribution is 7.89. The lowest BCUT2D eigenvalue weighted by molar-refractivity contribution is 0.102. The fourth-order valence-electron chi connectivity index (χ4n) is 3.30. The van der Waals surface area contributed by atoms with E-state index >= 15 is 0 Å². The Kier molecular flexibility index (Phi) is 6.74. The lowest BCUT2D eigenvalue weighted by atomic mass is 10.1. The molecule has 1 amide bonds. The zero-order valence-corrected chi connectivity index (χ0v) is 20.0. The maximum Gasteiger partial charge on any atom is 0.276 e. The van der Waals surface area contributed by atoms with Gasteiger partial charge in [-0.2, -0.15) is 13.2 Å². The second-order valence-electron chi connectivity index (χ2n) is 7.55. The highest BCUT2D eigenvalue weighted by Crippen LogP contribution is 2.30. The normalized spacial score (nSPS) is 11.8. The number of fused-ring (bicyclic) bond motifs is 1. The number of carbonyl (C=O) groups excluding carboxylic acids is 1. The molecule has 4 aromatic rings. The molecular formula is C25H23N3O6S. The molecule has 2 N–H and O–H groups in total. The first-order valence-electron chi connectivity index (χ1n) is 10.5. The number of aryl methyl sites for hydroxylation is 1. The van der Waals surface area contributed by atoms with Gasteiger partial charge in [0.05, 0.1) is 19.1 Å². The number of ether oxygens (including phenoxy) is 2. The van der Waals surface area contributed by atoms with Gasteiger partial charge < -0.3 is 19.2 Å². The van der Waals surface area contributed by atoms with Gasteiger partial charge in [0.25, 0.3) is 15.9 Å². The standard InChI is InChI=1S/C25H23N3O6S/c1-16-8-11-19(12-9-16)35(30,31)28-27-25-20(14-17-6-4-5-7-21(17)34-25)24(29)26-18-10-13-22(32-2)23(15-18)33-3/h4-15,28H,1-3H3,(H,26,29)/b27-25-. The Morgan fingerprint density at radius 2 is 1.63 bits per heavy atom. The van der Waals surface area contributed by atoms with Gasteiger partial charge >= 0.3 is 0 Å². The number of nitrogens with zero attached hydrogens (tertiary/aromatic N) is 1. The molecule has 0 unspecified atom stereocenters. The van der Waals surface area contributed by atoms with Crippen LogP contribution in [0.1, 0.15) is 15.9 Å². The zero-order chi connectivity index (χ0) is 25.0. The third-order valence-corrected chi connectivity index (χ3v) is 6.36. The first-order chi connectivity index (χ1) is 16.8. The lowest BCUT2D eigenvalue weighted by Crippen LogP contribution is -2.27. The lowest BCUT2D eigenvalue weighted by Gasteiger charge is -2.11. The van der Waals surface area contributed by atoms with E-state index in [1.165, 1.54) is 26.4 Å². The van der Waals surface area contributed by atoms with Crippen LogP contribution in [0.3, 0.4) is 0 Å². The molecule has 0 saturated carbocycles. The summed E-state index contributed by atoms with van der Waals surface area (Å²) in [5.74, 6) is 0.386. The van der Waals surface area contributed by atoms with E-state index in [1.807, 2.05) is 6.92 Å². The van der Waals surface area contributed by atoms with Crippen LogP contribution in [0.4, 0.5) is 5.69 Å². The minimum atomic E-state index is -3.99. The van der Waals surface area contributed by atoms with Crippen LogP contribution in [0.25, 0.3) is 11.0 Å². The molecule has 0 aliphatic heterocycles. The molecular weight excluding hydrogens is 470 g/mol. The number of rotatable bonds is 7. The van der Waals surface area contributed by atoms with Gasteiger partial charge in [-0.15, -0.1) is 5.10 Å². The van der Waals surface area contributed by atoms with Crippen molar-refractivity contribution in [3.8, 4) is 11.5 Å². The minimum absolute atomic E-state index is 0.0315. The van der Waals surface area contributed by atoms with Crippen LogP contribution >= 0.6 is 0 Å². The quantitative estimate of drug-likeness (QED) is 0.378. The Balaban J connectivity index is 1.73. The van der Waals surface area contributed by atoms with Crippen LogP contribution in [0.2, 0.25) is 0 Å². The van der Waals surface area contributed by atoms with Crippen molar-refractivity contribution in [1.82, 2.24) is 4.83 Å². The molecule has 0 aliphatic rings. The summed E-state index contributed by atoms with van der Waals surface area (Å²) in [7, 11) is -0.984. The van der Waals surface area contributed by atoms with Gasteiger partial charge in [0.1, 0.15) is 11.1 Å². The van der Waals surface area contributed by atoms with Gasteiger partial charge in [-0.05, 0) is 43.3 Å². The molecule has 180 valence electrons. The summed E-state index contributed by atoms with van der Waals surface area (Å²) in [5, 5.41) is 7.34. The molecule has 0 aliphatic carbocycles. The Hall–Kier alpha value is -4.31. The van der Waals surface area contributed by atoms with Crippen molar-refractivity contribution in [3.05, 3.63) is 89.5 Å². The summed E-state index contributed by atoms with van der Waals surface area (Å²) in [4.78, 5) is 15.4. The van der Waals surface area contributed by atoms with E-state index in [2.05, 4.69) is 15.2 Å². The van der Waals surface area contributed by atoms with E-state index in [1.54, 1.807) is 60.7 Å². The van der Waals surface area contributed by atoms with Gasteiger partial charge in [0, 0.05) is 17.1 Å². The predicted octanol–water partition coefficient (Wildman–Crippen LogP) is 3.80. The number of benzene rings is 3. The third-order valence-electron chi connectivity index (χ3n) is 5.14. The first kappa shape index (κ1) is 23.8. The third kappa shape index (κ3) is 5.28. The van der Waals surface area contributed by atoms with Gasteiger partial charge in [0.15, 0.2) is 11.5 Å². The molecule has 35 heavy (non-hydrogen) atoms.